The summed E-state index contributed by atoms with van der Waals surface area (Å²) >= 11 is 0. The van der Waals surface area contributed by atoms with Gasteiger partial charge in [-0.15, -0.1) is 0 Å². The molecule has 1 N–H and O–H groups in total. The largest absolute Gasteiger partial charge is 0.467 e. The highest BCUT2D eigenvalue weighted by Gasteiger charge is 2.61. The normalized spacial score (nSPS) is 29.3. The Hall–Kier alpha value is -1.78. The van der Waals surface area contributed by atoms with E-state index in [1.807, 2.05) is 17.0 Å². The van der Waals surface area contributed by atoms with Gasteiger partial charge in [-0.1, -0.05) is 12.8 Å². The Labute approximate surface area is 142 Å². The minimum absolute atomic E-state index is 0.0542. The van der Waals surface area contributed by atoms with Gasteiger partial charge < -0.3 is 14.6 Å². The second-order valence-corrected chi connectivity index (χ2v) is 7.84. The summed E-state index contributed by atoms with van der Waals surface area (Å²) in [5.41, 5.74) is 0.0542. The van der Waals surface area contributed by atoms with Crippen LogP contribution in [0.1, 0.15) is 50.7 Å². The second-order valence-electron chi connectivity index (χ2n) is 7.84. The highest BCUT2D eigenvalue weighted by molar-refractivity contribution is 5.83. The number of amides is 2. The molecule has 0 unspecified atom stereocenters. The van der Waals surface area contributed by atoms with E-state index in [-0.39, 0.29) is 17.2 Å². The molecule has 3 fully saturated rings. The zero-order chi connectivity index (χ0) is 16.6. The summed E-state index contributed by atoms with van der Waals surface area (Å²) in [5, 5.41) is 2.96. The minimum Gasteiger partial charge on any atom is -0.467 e. The van der Waals surface area contributed by atoms with Gasteiger partial charge >= 0.3 is 0 Å². The molecule has 1 aliphatic heterocycles. The Morgan fingerprint density at radius 1 is 1.33 bits per heavy atom. The molecule has 1 aromatic heterocycles. The van der Waals surface area contributed by atoms with Crippen molar-refractivity contribution in [1.82, 2.24) is 10.2 Å². The van der Waals surface area contributed by atoms with Gasteiger partial charge in [-0.25, -0.2) is 0 Å². The summed E-state index contributed by atoms with van der Waals surface area (Å²) in [7, 11) is 0. The summed E-state index contributed by atoms with van der Waals surface area (Å²) in [4.78, 5) is 26.9. The predicted molar refractivity (Wildman–Crippen MR) is 88.9 cm³/mol. The number of nitrogens with one attached hydrogen (secondary N) is 1. The lowest BCUT2D eigenvalue weighted by atomic mass is 10.0. The van der Waals surface area contributed by atoms with Crippen molar-refractivity contribution >= 4 is 11.8 Å². The van der Waals surface area contributed by atoms with Crippen molar-refractivity contribution in [1.29, 1.82) is 0 Å². The van der Waals surface area contributed by atoms with Gasteiger partial charge in [-0.3, -0.25) is 9.59 Å². The molecule has 1 aromatic rings. The lowest BCUT2D eigenvalue weighted by molar-refractivity contribution is -0.131. The zero-order valence-corrected chi connectivity index (χ0v) is 14.1. The molecule has 0 aromatic carbocycles. The van der Waals surface area contributed by atoms with Gasteiger partial charge in [0.25, 0.3) is 0 Å². The molecule has 5 heteroatoms. The first-order valence-corrected chi connectivity index (χ1v) is 9.24. The van der Waals surface area contributed by atoms with E-state index in [9.17, 15) is 9.59 Å². The average molecular weight is 330 g/mol. The number of hydrogen-bond acceptors (Lipinski definition) is 3. The lowest BCUT2D eigenvalue weighted by Gasteiger charge is -2.19. The van der Waals surface area contributed by atoms with Crippen LogP contribution in [0.15, 0.2) is 22.8 Å². The molecule has 3 aliphatic rings. The first-order chi connectivity index (χ1) is 11.7. The maximum absolute atomic E-state index is 12.5. The maximum atomic E-state index is 12.5. The fraction of sp³-hybridized carbons (Fsp3) is 0.684. The van der Waals surface area contributed by atoms with E-state index in [0.29, 0.717) is 24.8 Å². The van der Waals surface area contributed by atoms with E-state index in [1.165, 1.54) is 25.7 Å². The van der Waals surface area contributed by atoms with Gasteiger partial charge in [0, 0.05) is 30.8 Å². The standard InChI is InChI=1S/C19H26N2O3/c22-17(10-14-4-1-2-5-14)21-8-7-19(13-21)11-16(19)18(23)20-12-15-6-3-9-24-15/h3,6,9,14,16H,1-2,4-5,7-8,10-13H2,(H,20,23)/t16-,19-/m0/s1. The molecule has 4 rings (SSSR count). The molecular formula is C19H26N2O3. The zero-order valence-electron chi connectivity index (χ0n) is 14.1. The van der Waals surface area contributed by atoms with Crippen LogP contribution in [0.3, 0.4) is 0 Å². The van der Waals surface area contributed by atoms with Gasteiger partial charge in [-0.05, 0) is 43.7 Å². The third-order valence-electron chi connectivity index (χ3n) is 6.20. The number of furan rings is 1. The summed E-state index contributed by atoms with van der Waals surface area (Å²) in [6.45, 7) is 2.05. The molecule has 2 aliphatic carbocycles. The minimum atomic E-state index is 0.0542. The van der Waals surface area contributed by atoms with Crippen molar-refractivity contribution in [3.63, 3.8) is 0 Å². The highest BCUT2D eigenvalue weighted by Crippen LogP contribution is 2.58. The van der Waals surface area contributed by atoms with Crippen molar-refractivity contribution in [3.05, 3.63) is 24.2 Å². The van der Waals surface area contributed by atoms with Crippen molar-refractivity contribution in [2.45, 2.75) is 51.5 Å². The smallest absolute Gasteiger partial charge is 0.224 e. The number of nitrogens with zero attached hydrogens (tertiary/aromatic N) is 1. The molecule has 2 atom stereocenters. The highest BCUT2D eigenvalue weighted by atomic mass is 16.3. The van der Waals surface area contributed by atoms with Crippen LogP contribution in [-0.4, -0.2) is 29.8 Å². The summed E-state index contributed by atoms with van der Waals surface area (Å²) < 4.78 is 5.25. The summed E-state index contributed by atoms with van der Waals surface area (Å²) in [6, 6.07) is 3.69. The molecule has 2 saturated carbocycles. The monoisotopic (exact) mass is 330 g/mol. The Morgan fingerprint density at radius 2 is 2.17 bits per heavy atom. The van der Waals surface area contributed by atoms with E-state index in [1.54, 1.807) is 6.26 Å². The van der Waals surface area contributed by atoms with E-state index >= 15 is 0 Å². The Morgan fingerprint density at radius 3 is 2.92 bits per heavy atom. The number of carbonyl (C=O) groups is 2. The molecule has 2 heterocycles. The van der Waals surface area contributed by atoms with Gasteiger partial charge in [-0.2, -0.15) is 0 Å². The number of rotatable bonds is 5. The number of carbonyl (C=O) groups excluding carboxylic acids is 2. The van der Waals surface area contributed by atoms with Crippen molar-refractivity contribution in [2.75, 3.05) is 13.1 Å². The van der Waals surface area contributed by atoms with Gasteiger partial charge in [0.15, 0.2) is 0 Å². The van der Waals surface area contributed by atoms with E-state index in [2.05, 4.69) is 5.32 Å². The second kappa shape index (κ2) is 6.26. The maximum Gasteiger partial charge on any atom is 0.224 e. The Bertz CT molecular complexity index is 606. The SMILES string of the molecule is O=C(NCc1ccco1)[C@@H]1C[C@]12CCN(C(=O)CC1CCCC1)C2. The Kier molecular flexibility index (Phi) is 4.10. The molecule has 1 saturated heterocycles. The van der Waals surface area contributed by atoms with Crippen molar-refractivity contribution in [2.24, 2.45) is 17.3 Å². The van der Waals surface area contributed by atoms with Crippen LogP contribution in [-0.2, 0) is 16.1 Å². The fourth-order valence-electron chi connectivity index (χ4n) is 4.58. The van der Waals surface area contributed by atoms with E-state index in [0.717, 1.165) is 31.7 Å². The fourth-order valence-corrected chi connectivity index (χ4v) is 4.58. The van der Waals surface area contributed by atoms with E-state index < -0.39 is 0 Å². The van der Waals surface area contributed by atoms with Crippen LogP contribution in [0.2, 0.25) is 0 Å². The quantitative estimate of drug-likeness (QED) is 0.903. The molecular weight excluding hydrogens is 304 g/mol. The van der Waals surface area contributed by atoms with Crippen LogP contribution >= 0.6 is 0 Å². The molecule has 2 amide bonds. The molecule has 5 nitrogen and oxygen atoms in total. The lowest BCUT2D eigenvalue weighted by Crippen LogP contribution is -2.31. The molecule has 1 spiro atoms. The van der Waals surface area contributed by atoms with Crippen LogP contribution in [0.25, 0.3) is 0 Å². The van der Waals surface area contributed by atoms with Gasteiger partial charge in [0.05, 0.1) is 12.8 Å². The van der Waals surface area contributed by atoms with Crippen LogP contribution in [0.5, 0.6) is 0 Å². The molecule has 0 radical (unpaired) electrons. The van der Waals surface area contributed by atoms with Crippen molar-refractivity contribution in [3.8, 4) is 0 Å². The van der Waals surface area contributed by atoms with Crippen LogP contribution < -0.4 is 5.32 Å². The topological polar surface area (TPSA) is 62.6 Å². The molecule has 130 valence electrons. The third kappa shape index (κ3) is 3.08. The molecule has 24 heavy (non-hydrogen) atoms. The number of hydrogen-bond donors (Lipinski definition) is 1. The Balaban J connectivity index is 1.25. The van der Waals surface area contributed by atoms with Crippen LogP contribution in [0, 0.1) is 17.3 Å². The van der Waals surface area contributed by atoms with E-state index in [4.69, 9.17) is 4.42 Å². The van der Waals surface area contributed by atoms with Gasteiger partial charge in [0.2, 0.25) is 11.8 Å². The molecule has 0 bridgehead atoms. The third-order valence-corrected chi connectivity index (χ3v) is 6.20. The first kappa shape index (κ1) is 15.7. The number of likely N-dealkylation sites (tertiary alicyclic amines) is 1. The first-order valence-electron chi connectivity index (χ1n) is 9.24. The van der Waals surface area contributed by atoms with Crippen molar-refractivity contribution < 1.29 is 14.0 Å². The summed E-state index contributed by atoms with van der Waals surface area (Å²) in [5.74, 6) is 1.85. The average Bonchev–Trinajstić information content (AvgIpc) is 3.07. The summed E-state index contributed by atoms with van der Waals surface area (Å²) in [6.07, 6.45) is 9.20. The van der Waals surface area contributed by atoms with Crippen LogP contribution in [0.4, 0.5) is 0 Å². The van der Waals surface area contributed by atoms with Gasteiger partial charge in [0.1, 0.15) is 5.76 Å². The predicted octanol–water partition coefficient (Wildman–Crippen LogP) is 2.71.